The molecule has 2 aromatic rings. The van der Waals surface area contributed by atoms with Crippen molar-refractivity contribution < 1.29 is 9.18 Å². The predicted molar refractivity (Wildman–Crippen MR) is 94.4 cm³/mol. The molecule has 3 rings (SSSR count). The minimum Gasteiger partial charge on any atom is -0.325 e. The van der Waals surface area contributed by atoms with E-state index in [1.54, 1.807) is 6.07 Å². The molecule has 0 bridgehead atoms. The molecule has 0 saturated carbocycles. The molecule has 1 amide bonds. The SMILES string of the molecule is CCN(CC(=O)Nc1ccc2c(c1)CCC2)Cc1cccc(F)c1. The average molecular weight is 326 g/mol. The van der Waals surface area contributed by atoms with Crippen molar-refractivity contribution in [3.8, 4) is 0 Å². The van der Waals surface area contributed by atoms with Gasteiger partial charge < -0.3 is 5.32 Å². The molecule has 0 radical (unpaired) electrons. The number of amides is 1. The van der Waals surface area contributed by atoms with E-state index >= 15 is 0 Å². The van der Waals surface area contributed by atoms with Crippen LogP contribution >= 0.6 is 0 Å². The molecular weight excluding hydrogens is 303 g/mol. The van der Waals surface area contributed by atoms with E-state index in [4.69, 9.17) is 0 Å². The maximum atomic E-state index is 13.3. The number of nitrogens with one attached hydrogen (secondary N) is 1. The van der Waals surface area contributed by atoms with Crippen LogP contribution in [0.3, 0.4) is 0 Å². The Morgan fingerprint density at radius 3 is 2.79 bits per heavy atom. The molecule has 0 aromatic heterocycles. The summed E-state index contributed by atoms with van der Waals surface area (Å²) in [7, 11) is 0. The van der Waals surface area contributed by atoms with E-state index in [1.807, 2.05) is 24.0 Å². The van der Waals surface area contributed by atoms with Crippen LogP contribution in [0.4, 0.5) is 10.1 Å². The van der Waals surface area contributed by atoms with Crippen LogP contribution in [-0.2, 0) is 24.2 Å². The molecule has 0 heterocycles. The molecule has 1 aliphatic carbocycles. The Kier molecular flexibility index (Phi) is 5.26. The molecule has 0 saturated heterocycles. The fourth-order valence-electron chi connectivity index (χ4n) is 3.23. The van der Waals surface area contributed by atoms with Crippen LogP contribution in [-0.4, -0.2) is 23.9 Å². The summed E-state index contributed by atoms with van der Waals surface area (Å²) < 4.78 is 13.3. The van der Waals surface area contributed by atoms with Crippen LogP contribution in [0.1, 0.15) is 30.0 Å². The topological polar surface area (TPSA) is 32.3 Å². The normalized spacial score (nSPS) is 13.1. The number of benzene rings is 2. The van der Waals surface area contributed by atoms with Gasteiger partial charge in [0.05, 0.1) is 6.54 Å². The highest BCUT2D eigenvalue weighted by Gasteiger charge is 2.13. The van der Waals surface area contributed by atoms with Gasteiger partial charge in [-0.05, 0) is 66.8 Å². The Morgan fingerprint density at radius 2 is 2.00 bits per heavy atom. The van der Waals surface area contributed by atoms with E-state index in [0.717, 1.165) is 30.6 Å². The van der Waals surface area contributed by atoms with Crippen LogP contribution < -0.4 is 5.32 Å². The van der Waals surface area contributed by atoms with Gasteiger partial charge in [0, 0.05) is 12.2 Å². The van der Waals surface area contributed by atoms with E-state index in [1.165, 1.54) is 29.7 Å². The van der Waals surface area contributed by atoms with Gasteiger partial charge in [-0.2, -0.15) is 0 Å². The minimum absolute atomic E-state index is 0.0359. The Hall–Kier alpha value is -2.20. The molecule has 24 heavy (non-hydrogen) atoms. The van der Waals surface area contributed by atoms with Gasteiger partial charge in [-0.25, -0.2) is 4.39 Å². The van der Waals surface area contributed by atoms with Crippen molar-refractivity contribution in [2.75, 3.05) is 18.4 Å². The number of fused-ring (bicyclic) bond motifs is 1. The summed E-state index contributed by atoms with van der Waals surface area (Å²) in [6.45, 7) is 3.59. The average Bonchev–Trinajstić information content (AvgIpc) is 3.02. The zero-order valence-electron chi connectivity index (χ0n) is 14.0. The number of halogens is 1. The number of carbonyl (C=O) groups excluding carboxylic acids is 1. The van der Waals surface area contributed by atoms with Gasteiger partial charge >= 0.3 is 0 Å². The number of carbonyl (C=O) groups is 1. The van der Waals surface area contributed by atoms with E-state index in [9.17, 15) is 9.18 Å². The molecular formula is C20H23FN2O. The van der Waals surface area contributed by atoms with Crippen LogP contribution in [0.2, 0.25) is 0 Å². The highest BCUT2D eigenvalue weighted by molar-refractivity contribution is 5.92. The number of hydrogen-bond donors (Lipinski definition) is 1. The molecule has 0 aliphatic heterocycles. The van der Waals surface area contributed by atoms with Crippen LogP contribution in [0, 0.1) is 5.82 Å². The Balaban J connectivity index is 1.58. The summed E-state index contributed by atoms with van der Waals surface area (Å²) in [5.74, 6) is -0.280. The molecule has 4 heteroatoms. The minimum atomic E-state index is -0.244. The summed E-state index contributed by atoms with van der Waals surface area (Å²) in [5, 5.41) is 2.98. The fraction of sp³-hybridized carbons (Fsp3) is 0.350. The molecule has 126 valence electrons. The van der Waals surface area contributed by atoms with E-state index < -0.39 is 0 Å². The summed E-state index contributed by atoms with van der Waals surface area (Å²) in [6.07, 6.45) is 3.44. The summed E-state index contributed by atoms with van der Waals surface area (Å²) >= 11 is 0. The summed E-state index contributed by atoms with van der Waals surface area (Å²) in [4.78, 5) is 14.3. The molecule has 1 aliphatic rings. The molecule has 0 fully saturated rings. The zero-order valence-corrected chi connectivity index (χ0v) is 14.0. The molecule has 1 N–H and O–H groups in total. The lowest BCUT2D eigenvalue weighted by atomic mass is 10.1. The van der Waals surface area contributed by atoms with Crippen molar-refractivity contribution in [1.82, 2.24) is 4.90 Å². The Bertz CT molecular complexity index is 729. The first-order valence-corrected chi connectivity index (χ1v) is 8.52. The molecule has 0 atom stereocenters. The Morgan fingerprint density at radius 1 is 1.17 bits per heavy atom. The van der Waals surface area contributed by atoms with Gasteiger partial charge in [-0.1, -0.05) is 25.1 Å². The second-order valence-electron chi connectivity index (χ2n) is 6.32. The first-order chi connectivity index (χ1) is 11.6. The van der Waals surface area contributed by atoms with Gasteiger partial charge in [0.15, 0.2) is 0 Å². The third-order valence-corrected chi connectivity index (χ3v) is 4.49. The third kappa shape index (κ3) is 4.20. The quantitative estimate of drug-likeness (QED) is 0.876. The largest absolute Gasteiger partial charge is 0.325 e. The van der Waals surface area contributed by atoms with Gasteiger partial charge in [0.25, 0.3) is 0 Å². The van der Waals surface area contributed by atoms with Crippen molar-refractivity contribution in [3.05, 3.63) is 65.0 Å². The molecule has 2 aromatic carbocycles. The maximum absolute atomic E-state index is 13.3. The van der Waals surface area contributed by atoms with E-state index in [2.05, 4.69) is 17.4 Å². The second kappa shape index (κ2) is 7.58. The van der Waals surface area contributed by atoms with Gasteiger partial charge in [0.2, 0.25) is 5.91 Å². The van der Waals surface area contributed by atoms with E-state index in [0.29, 0.717) is 13.1 Å². The highest BCUT2D eigenvalue weighted by Crippen LogP contribution is 2.24. The lowest BCUT2D eigenvalue weighted by Crippen LogP contribution is -2.32. The number of nitrogens with zero attached hydrogens (tertiary/aromatic N) is 1. The fourth-order valence-corrected chi connectivity index (χ4v) is 3.23. The lowest BCUT2D eigenvalue weighted by Gasteiger charge is -2.20. The van der Waals surface area contributed by atoms with Gasteiger partial charge in [0.1, 0.15) is 5.82 Å². The third-order valence-electron chi connectivity index (χ3n) is 4.49. The monoisotopic (exact) mass is 326 g/mol. The van der Waals surface area contributed by atoms with Crippen LogP contribution in [0.5, 0.6) is 0 Å². The smallest absolute Gasteiger partial charge is 0.238 e. The maximum Gasteiger partial charge on any atom is 0.238 e. The number of anilines is 1. The first-order valence-electron chi connectivity index (χ1n) is 8.52. The molecule has 0 unspecified atom stereocenters. The number of rotatable bonds is 6. The predicted octanol–water partition coefficient (Wildman–Crippen LogP) is 3.78. The number of hydrogen-bond acceptors (Lipinski definition) is 2. The summed E-state index contributed by atoms with van der Waals surface area (Å²) in [6, 6.07) is 12.7. The highest BCUT2D eigenvalue weighted by atomic mass is 19.1. The van der Waals surface area contributed by atoms with Crippen molar-refractivity contribution in [2.24, 2.45) is 0 Å². The lowest BCUT2D eigenvalue weighted by molar-refractivity contribution is -0.117. The van der Waals surface area contributed by atoms with E-state index in [-0.39, 0.29) is 11.7 Å². The standard InChI is InChI=1S/C20H23FN2O/c1-2-23(13-15-5-3-8-18(21)11-15)14-20(24)22-19-10-9-16-6-4-7-17(16)12-19/h3,5,8-12H,2,4,6-7,13-14H2,1H3,(H,22,24). The van der Waals surface area contributed by atoms with Crippen molar-refractivity contribution in [3.63, 3.8) is 0 Å². The zero-order chi connectivity index (χ0) is 16.9. The van der Waals surface area contributed by atoms with Crippen LogP contribution in [0.15, 0.2) is 42.5 Å². The second-order valence-corrected chi connectivity index (χ2v) is 6.32. The Labute approximate surface area is 142 Å². The van der Waals surface area contributed by atoms with Crippen molar-refractivity contribution in [2.45, 2.75) is 32.7 Å². The molecule has 3 nitrogen and oxygen atoms in total. The van der Waals surface area contributed by atoms with Gasteiger partial charge in [-0.15, -0.1) is 0 Å². The number of aryl methyl sites for hydroxylation is 2. The van der Waals surface area contributed by atoms with Gasteiger partial charge in [-0.3, -0.25) is 9.69 Å². The van der Waals surface area contributed by atoms with Crippen LogP contribution in [0.25, 0.3) is 0 Å². The van der Waals surface area contributed by atoms with Crippen molar-refractivity contribution >= 4 is 11.6 Å². The summed E-state index contributed by atoms with van der Waals surface area (Å²) in [5.41, 5.74) is 4.49. The first kappa shape index (κ1) is 16.7. The number of likely N-dealkylation sites (N-methyl/N-ethyl adjacent to an activating group) is 1. The van der Waals surface area contributed by atoms with Crippen molar-refractivity contribution in [1.29, 1.82) is 0 Å². The molecule has 0 spiro atoms.